The quantitative estimate of drug-likeness (QED) is 0.816. The molecule has 1 aromatic carbocycles. The molecule has 0 atom stereocenters. The number of piperazine rings is 1. The van der Waals surface area contributed by atoms with Crippen molar-refractivity contribution in [2.24, 2.45) is 0 Å². The van der Waals surface area contributed by atoms with Gasteiger partial charge in [-0.25, -0.2) is 9.37 Å². The first-order valence-corrected chi connectivity index (χ1v) is 8.21. The lowest BCUT2D eigenvalue weighted by Crippen LogP contribution is -2.48. The summed E-state index contributed by atoms with van der Waals surface area (Å²) in [5.41, 5.74) is 0.373. The van der Waals surface area contributed by atoms with E-state index >= 15 is 0 Å². The smallest absolute Gasteiger partial charge is 0.255 e. The van der Waals surface area contributed by atoms with Gasteiger partial charge in [-0.1, -0.05) is 0 Å². The van der Waals surface area contributed by atoms with Gasteiger partial charge in [-0.3, -0.25) is 4.79 Å². The van der Waals surface area contributed by atoms with Crippen molar-refractivity contribution in [1.29, 1.82) is 0 Å². The van der Waals surface area contributed by atoms with Crippen LogP contribution in [0.4, 0.5) is 9.52 Å². The predicted molar refractivity (Wildman–Crippen MR) is 84.3 cm³/mol. The van der Waals surface area contributed by atoms with Crippen LogP contribution in [0.1, 0.15) is 10.4 Å². The monoisotopic (exact) mass is 369 g/mol. The lowest BCUT2D eigenvalue weighted by Gasteiger charge is -2.34. The summed E-state index contributed by atoms with van der Waals surface area (Å²) in [6, 6.07) is 4.18. The fourth-order valence-electron chi connectivity index (χ4n) is 2.30. The molecular weight excluding hydrogens is 357 g/mol. The molecule has 1 aliphatic heterocycles. The van der Waals surface area contributed by atoms with Crippen LogP contribution in [0.15, 0.2) is 34.2 Å². The van der Waals surface area contributed by atoms with E-state index in [9.17, 15) is 9.18 Å². The molecule has 7 heteroatoms. The molecule has 2 heterocycles. The fourth-order valence-corrected chi connectivity index (χ4v) is 3.42. The van der Waals surface area contributed by atoms with E-state index in [1.165, 1.54) is 12.1 Å². The molecule has 1 fully saturated rings. The highest BCUT2D eigenvalue weighted by Crippen LogP contribution is 2.22. The van der Waals surface area contributed by atoms with Gasteiger partial charge in [0.2, 0.25) is 0 Å². The molecule has 1 aliphatic rings. The molecule has 0 unspecified atom stereocenters. The van der Waals surface area contributed by atoms with Crippen LogP contribution >= 0.6 is 27.3 Å². The maximum atomic E-state index is 13.3. The second-order valence-electron chi connectivity index (χ2n) is 4.72. The molecule has 0 radical (unpaired) electrons. The van der Waals surface area contributed by atoms with Crippen molar-refractivity contribution in [2.75, 3.05) is 31.1 Å². The van der Waals surface area contributed by atoms with E-state index in [4.69, 9.17) is 0 Å². The molecule has 0 bridgehead atoms. The Morgan fingerprint density at radius 1 is 1.29 bits per heavy atom. The fraction of sp³-hybridized carbons (Fsp3) is 0.286. The van der Waals surface area contributed by atoms with E-state index in [0.717, 1.165) is 18.2 Å². The topological polar surface area (TPSA) is 36.4 Å². The lowest BCUT2D eigenvalue weighted by atomic mass is 10.2. The van der Waals surface area contributed by atoms with E-state index in [1.54, 1.807) is 28.5 Å². The minimum absolute atomic E-state index is 0.139. The summed E-state index contributed by atoms with van der Waals surface area (Å²) in [4.78, 5) is 20.7. The summed E-state index contributed by atoms with van der Waals surface area (Å²) in [6.45, 7) is 2.71. The molecule has 3 rings (SSSR count). The van der Waals surface area contributed by atoms with Gasteiger partial charge in [0.05, 0.1) is 5.56 Å². The first kappa shape index (κ1) is 14.5. The van der Waals surface area contributed by atoms with Crippen molar-refractivity contribution in [1.82, 2.24) is 9.88 Å². The van der Waals surface area contributed by atoms with Gasteiger partial charge in [-0.05, 0) is 34.1 Å². The summed E-state index contributed by atoms with van der Waals surface area (Å²) in [6.07, 6.45) is 1.78. The highest BCUT2D eigenvalue weighted by molar-refractivity contribution is 9.10. The molecule has 4 nitrogen and oxygen atoms in total. The molecule has 0 aliphatic carbocycles. The number of halogens is 2. The maximum Gasteiger partial charge on any atom is 0.255 e. The summed E-state index contributed by atoms with van der Waals surface area (Å²) in [5.74, 6) is -0.539. The average molecular weight is 370 g/mol. The molecule has 0 saturated carbocycles. The predicted octanol–water partition coefficient (Wildman–Crippen LogP) is 3.01. The van der Waals surface area contributed by atoms with E-state index in [-0.39, 0.29) is 5.91 Å². The largest absolute Gasteiger partial charge is 0.345 e. The van der Waals surface area contributed by atoms with Crippen LogP contribution in [0.5, 0.6) is 0 Å². The Labute approximate surface area is 134 Å². The Hall–Kier alpha value is -1.47. The van der Waals surface area contributed by atoms with E-state index in [0.29, 0.717) is 23.1 Å². The molecule has 1 saturated heterocycles. The molecule has 21 heavy (non-hydrogen) atoms. The zero-order valence-corrected chi connectivity index (χ0v) is 13.5. The highest BCUT2D eigenvalue weighted by Gasteiger charge is 2.24. The zero-order chi connectivity index (χ0) is 14.8. The van der Waals surface area contributed by atoms with Gasteiger partial charge >= 0.3 is 0 Å². The third-order valence-electron chi connectivity index (χ3n) is 3.42. The third-order valence-corrected chi connectivity index (χ3v) is 4.94. The van der Waals surface area contributed by atoms with Crippen LogP contribution in [0.25, 0.3) is 0 Å². The summed E-state index contributed by atoms with van der Waals surface area (Å²) in [5, 5.41) is 2.92. The average Bonchev–Trinajstić information content (AvgIpc) is 3.03. The number of carbonyl (C=O) groups is 1. The second kappa shape index (κ2) is 6.11. The number of hydrogen-bond acceptors (Lipinski definition) is 4. The number of hydrogen-bond donors (Lipinski definition) is 0. The van der Waals surface area contributed by atoms with Crippen LogP contribution < -0.4 is 4.90 Å². The van der Waals surface area contributed by atoms with Crippen LogP contribution in [0.3, 0.4) is 0 Å². The van der Waals surface area contributed by atoms with Gasteiger partial charge in [-0.2, -0.15) is 0 Å². The molecule has 2 aromatic rings. The number of rotatable bonds is 2. The lowest BCUT2D eigenvalue weighted by molar-refractivity contribution is 0.0745. The van der Waals surface area contributed by atoms with Crippen molar-refractivity contribution in [3.05, 3.63) is 45.6 Å². The molecule has 1 aromatic heterocycles. The number of nitrogens with zero attached hydrogens (tertiary/aromatic N) is 3. The summed E-state index contributed by atoms with van der Waals surface area (Å²) >= 11 is 4.90. The van der Waals surface area contributed by atoms with Crippen molar-refractivity contribution in [3.63, 3.8) is 0 Å². The van der Waals surface area contributed by atoms with Crippen LogP contribution in [0, 0.1) is 5.82 Å². The van der Waals surface area contributed by atoms with Gasteiger partial charge in [0.15, 0.2) is 5.13 Å². The number of benzene rings is 1. The number of carbonyl (C=O) groups excluding carboxylic acids is 1. The van der Waals surface area contributed by atoms with Crippen LogP contribution in [-0.4, -0.2) is 42.0 Å². The zero-order valence-electron chi connectivity index (χ0n) is 11.1. The Bertz CT molecular complexity index is 642. The van der Waals surface area contributed by atoms with E-state index in [2.05, 4.69) is 25.8 Å². The minimum atomic E-state index is -0.400. The van der Waals surface area contributed by atoms with Crippen LogP contribution in [0.2, 0.25) is 0 Å². The van der Waals surface area contributed by atoms with Crippen LogP contribution in [-0.2, 0) is 0 Å². The van der Waals surface area contributed by atoms with Gasteiger partial charge in [-0.15, -0.1) is 11.3 Å². The van der Waals surface area contributed by atoms with Crippen molar-refractivity contribution >= 4 is 38.3 Å². The summed E-state index contributed by atoms with van der Waals surface area (Å²) in [7, 11) is 0. The molecule has 1 amide bonds. The number of amides is 1. The van der Waals surface area contributed by atoms with Gasteiger partial charge in [0.1, 0.15) is 5.82 Å². The Kier molecular flexibility index (Phi) is 4.21. The first-order chi connectivity index (χ1) is 10.1. The van der Waals surface area contributed by atoms with E-state index < -0.39 is 5.82 Å². The number of thiazole rings is 1. The molecule has 0 spiro atoms. The maximum absolute atomic E-state index is 13.3. The standard InChI is InChI=1S/C14H13BrFN3OS/c15-12-2-1-10(16)9-11(12)13(20)18-4-6-19(7-5-18)14-17-3-8-21-14/h1-3,8-9H,4-7H2. The van der Waals surface area contributed by atoms with Crippen molar-refractivity contribution in [2.45, 2.75) is 0 Å². The van der Waals surface area contributed by atoms with Gasteiger partial charge in [0, 0.05) is 42.2 Å². The van der Waals surface area contributed by atoms with Gasteiger partial charge < -0.3 is 9.80 Å². The highest BCUT2D eigenvalue weighted by atomic mass is 79.9. The molecular formula is C14H13BrFN3OS. The Morgan fingerprint density at radius 3 is 2.71 bits per heavy atom. The third kappa shape index (κ3) is 3.08. The summed E-state index contributed by atoms with van der Waals surface area (Å²) < 4.78 is 13.9. The SMILES string of the molecule is O=C(c1cc(F)ccc1Br)N1CCN(c2nccs2)CC1. The number of aromatic nitrogens is 1. The van der Waals surface area contributed by atoms with E-state index in [1.807, 2.05) is 5.38 Å². The second-order valence-corrected chi connectivity index (χ2v) is 6.45. The number of anilines is 1. The molecule has 110 valence electrons. The minimum Gasteiger partial charge on any atom is -0.345 e. The van der Waals surface area contributed by atoms with Gasteiger partial charge in [0.25, 0.3) is 5.91 Å². The Balaban J connectivity index is 1.69. The van der Waals surface area contributed by atoms with Crippen molar-refractivity contribution < 1.29 is 9.18 Å². The Morgan fingerprint density at radius 2 is 2.05 bits per heavy atom. The first-order valence-electron chi connectivity index (χ1n) is 6.54. The van der Waals surface area contributed by atoms with Crippen molar-refractivity contribution in [3.8, 4) is 0 Å². The normalized spacial score (nSPS) is 15.3. The molecule has 0 N–H and O–H groups in total.